The van der Waals surface area contributed by atoms with Crippen molar-refractivity contribution >= 4 is 40.0 Å². The van der Waals surface area contributed by atoms with Crippen LogP contribution in [0.2, 0.25) is 0 Å². The third-order valence-electron chi connectivity index (χ3n) is 4.78. The van der Waals surface area contributed by atoms with Gasteiger partial charge in [0, 0.05) is 16.6 Å². The Morgan fingerprint density at radius 3 is 2.78 bits per heavy atom. The van der Waals surface area contributed by atoms with Gasteiger partial charge >= 0.3 is 0 Å². The number of amides is 2. The molecule has 2 aliphatic rings. The van der Waals surface area contributed by atoms with E-state index in [9.17, 15) is 9.59 Å². The lowest BCUT2D eigenvalue weighted by Crippen LogP contribution is -2.31. The molecule has 0 unspecified atom stereocenters. The van der Waals surface area contributed by atoms with E-state index < -0.39 is 0 Å². The quantitative estimate of drug-likeness (QED) is 0.753. The van der Waals surface area contributed by atoms with Crippen LogP contribution in [0.1, 0.15) is 18.4 Å². The molecule has 1 aliphatic carbocycles. The predicted molar refractivity (Wildman–Crippen MR) is 89.1 cm³/mol. The number of anilines is 1. The first-order valence-electron chi connectivity index (χ1n) is 7.64. The van der Waals surface area contributed by atoms with Crippen molar-refractivity contribution < 1.29 is 9.59 Å². The highest BCUT2D eigenvalue weighted by Crippen LogP contribution is 2.42. The second-order valence-corrected chi connectivity index (χ2v) is 6.60. The second kappa shape index (κ2) is 5.17. The number of nitrogens with zero attached hydrogens (tertiary/aromatic N) is 2. The smallest absolute Gasteiger partial charge is 0.238 e. The third-order valence-corrected chi connectivity index (χ3v) is 5.09. The normalized spacial score (nSPS) is 24.1. The molecular formula is C18H15ClN2O2. The molecular weight excluding hydrogens is 312 g/mol. The number of aryl methyl sites for hydroxylation is 1. The fourth-order valence-electron chi connectivity index (χ4n) is 3.54. The molecule has 4 rings (SSSR count). The molecule has 1 saturated heterocycles. The Labute approximate surface area is 138 Å². The molecule has 1 aliphatic heterocycles. The SMILES string of the molecule is Cc1ccnc2c(N3C(=O)[C@H]4CC(Cl)=CC[C@H]4C3=O)cccc12. The molecule has 0 N–H and O–H groups in total. The van der Waals surface area contributed by atoms with E-state index in [1.807, 2.05) is 31.2 Å². The van der Waals surface area contributed by atoms with Crippen molar-refractivity contribution in [2.75, 3.05) is 4.90 Å². The average molecular weight is 327 g/mol. The minimum Gasteiger partial charge on any atom is -0.274 e. The van der Waals surface area contributed by atoms with Gasteiger partial charge in [-0.05, 0) is 37.5 Å². The van der Waals surface area contributed by atoms with E-state index in [0.29, 0.717) is 29.1 Å². The Hall–Kier alpha value is -2.20. The number of carbonyl (C=O) groups is 2. The van der Waals surface area contributed by atoms with Crippen LogP contribution in [0.15, 0.2) is 41.6 Å². The summed E-state index contributed by atoms with van der Waals surface area (Å²) in [5.74, 6) is -0.955. The zero-order valence-electron chi connectivity index (χ0n) is 12.6. The lowest BCUT2D eigenvalue weighted by atomic mass is 9.85. The Morgan fingerprint density at radius 1 is 1.17 bits per heavy atom. The predicted octanol–water partition coefficient (Wildman–Crippen LogP) is 3.57. The summed E-state index contributed by atoms with van der Waals surface area (Å²) in [4.78, 5) is 31.3. The molecule has 1 aromatic carbocycles. The molecule has 2 heterocycles. The minimum atomic E-state index is -0.347. The topological polar surface area (TPSA) is 50.3 Å². The number of para-hydroxylation sites is 1. The van der Waals surface area contributed by atoms with Crippen molar-refractivity contribution in [3.05, 3.63) is 47.1 Å². The van der Waals surface area contributed by atoms with Crippen molar-refractivity contribution in [2.45, 2.75) is 19.8 Å². The maximum absolute atomic E-state index is 12.8. The van der Waals surface area contributed by atoms with E-state index in [-0.39, 0.29) is 23.7 Å². The van der Waals surface area contributed by atoms with Gasteiger partial charge in [-0.1, -0.05) is 29.8 Å². The van der Waals surface area contributed by atoms with Crippen molar-refractivity contribution in [1.29, 1.82) is 0 Å². The Kier molecular flexibility index (Phi) is 3.23. The number of rotatable bonds is 1. The standard InChI is InChI=1S/C18H15ClN2O2/c1-10-7-8-20-16-12(10)3-2-4-15(16)21-17(22)13-6-5-11(19)9-14(13)18(21)23/h2-5,7-8,13-14H,6,9H2,1H3/t13-,14+/m1/s1. The molecule has 0 saturated carbocycles. The van der Waals surface area contributed by atoms with Crippen LogP contribution >= 0.6 is 11.6 Å². The second-order valence-electron chi connectivity index (χ2n) is 6.12. The van der Waals surface area contributed by atoms with E-state index in [2.05, 4.69) is 4.98 Å². The van der Waals surface area contributed by atoms with Crippen LogP contribution in [0.25, 0.3) is 10.9 Å². The molecule has 0 bridgehead atoms. The van der Waals surface area contributed by atoms with Gasteiger partial charge < -0.3 is 0 Å². The zero-order chi connectivity index (χ0) is 16.1. The first kappa shape index (κ1) is 14.4. The summed E-state index contributed by atoms with van der Waals surface area (Å²) >= 11 is 6.07. The Morgan fingerprint density at radius 2 is 1.96 bits per heavy atom. The van der Waals surface area contributed by atoms with Gasteiger partial charge in [-0.15, -0.1) is 0 Å². The summed E-state index contributed by atoms with van der Waals surface area (Å²) < 4.78 is 0. The number of halogens is 1. The highest BCUT2D eigenvalue weighted by molar-refractivity contribution is 6.31. The van der Waals surface area contributed by atoms with Crippen molar-refractivity contribution in [1.82, 2.24) is 4.98 Å². The van der Waals surface area contributed by atoms with Gasteiger partial charge in [0.1, 0.15) is 0 Å². The van der Waals surface area contributed by atoms with Gasteiger partial charge in [0.2, 0.25) is 11.8 Å². The molecule has 2 atom stereocenters. The zero-order valence-corrected chi connectivity index (χ0v) is 13.4. The van der Waals surface area contributed by atoms with Gasteiger partial charge in [0.05, 0.1) is 23.0 Å². The van der Waals surface area contributed by atoms with Crippen LogP contribution in [0, 0.1) is 18.8 Å². The number of pyridine rings is 1. The number of aromatic nitrogens is 1. The number of imide groups is 1. The number of carbonyl (C=O) groups excluding carboxylic acids is 2. The van der Waals surface area contributed by atoms with Crippen molar-refractivity contribution in [3.8, 4) is 0 Å². The average Bonchev–Trinajstić information content (AvgIpc) is 2.78. The molecule has 5 heteroatoms. The van der Waals surface area contributed by atoms with Crippen molar-refractivity contribution in [3.63, 3.8) is 0 Å². The Bertz CT molecular complexity index is 874. The number of allylic oxidation sites excluding steroid dienone is 2. The maximum atomic E-state index is 12.8. The van der Waals surface area contributed by atoms with Crippen molar-refractivity contribution in [2.24, 2.45) is 11.8 Å². The summed E-state index contributed by atoms with van der Waals surface area (Å²) in [6.07, 6.45) is 4.53. The molecule has 4 nitrogen and oxygen atoms in total. The van der Waals surface area contributed by atoms with Crippen LogP contribution in [0.5, 0.6) is 0 Å². The molecule has 23 heavy (non-hydrogen) atoms. The van der Waals surface area contributed by atoms with E-state index >= 15 is 0 Å². The molecule has 1 aromatic heterocycles. The molecule has 0 radical (unpaired) electrons. The number of benzene rings is 1. The first-order valence-corrected chi connectivity index (χ1v) is 8.02. The summed E-state index contributed by atoms with van der Waals surface area (Å²) in [7, 11) is 0. The summed E-state index contributed by atoms with van der Waals surface area (Å²) in [5.41, 5.74) is 2.33. The largest absolute Gasteiger partial charge is 0.274 e. The van der Waals surface area contributed by atoms with Gasteiger partial charge in [-0.2, -0.15) is 0 Å². The molecule has 116 valence electrons. The van der Waals surface area contributed by atoms with E-state index in [0.717, 1.165) is 10.9 Å². The number of hydrogen-bond donors (Lipinski definition) is 0. The van der Waals surface area contributed by atoms with Crippen LogP contribution in [0.3, 0.4) is 0 Å². The van der Waals surface area contributed by atoms with E-state index in [1.165, 1.54) is 4.90 Å². The molecule has 2 amide bonds. The first-order chi connectivity index (χ1) is 11.1. The number of fused-ring (bicyclic) bond motifs is 2. The van der Waals surface area contributed by atoms with Crippen LogP contribution in [-0.2, 0) is 9.59 Å². The fourth-order valence-corrected chi connectivity index (χ4v) is 3.80. The molecule has 1 fully saturated rings. The summed E-state index contributed by atoms with van der Waals surface area (Å²) in [6, 6.07) is 7.53. The van der Waals surface area contributed by atoms with Crippen LogP contribution in [-0.4, -0.2) is 16.8 Å². The lowest BCUT2D eigenvalue weighted by Gasteiger charge is -2.17. The van der Waals surface area contributed by atoms with E-state index in [4.69, 9.17) is 11.6 Å². The highest BCUT2D eigenvalue weighted by Gasteiger charge is 2.49. The fraction of sp³-hybridized carbons (Fsp3) is 0.278. The number of hydrogen-bond acceptors (Lipinski definition) is 3. The molecule has 2 aromatic rings. The molecule has 0 spiro atoms. The van der Waals surface area contributed by atoms with Gasteiger partial charge in [0.15, 0.2) is 0 Å². The monoisotopic (exact) mass is 326 g/mol. The van der Waals surface area contributed by atoms with Gasteiger partial charge in [-0.3, -0.25) is 14.6 Å². The summed E-state index contributed by atoms with van der Waals surface area (Å²) in [5, 5.41) is 1.62. The Balaban J connectivity index is 1.85. The van der Waals surface area contributed by atoms with Crippen LogP contribution < -0.4 is 4.90 Å². The van der Waals surface area contributed by atoms with E-state index in [1.54, 1.807) is 12.3 Å². The third kappa shape index (κ3) is 2.09. The van der Waals surface area contributed by atoms with Crippen LogP contribution in [0.4, 0.5) is 5.69 Å². The maximum Gasteiger partial charge on any atom is 0.238 e. The highest BCUT2D eigenvalue weighted by atomic mass is 35.5. The van der Waals surface area contributed by atoms with Gasteiger partial charge in [0.25, 0.3) is 0 Å². The van der Waals surface area contributed by atoms with Gasteiger partial charge in [-0.25, -0.2) is 4.90 Å². The minimum absolute atomic E-state index is 0.142. The lowest BCUT2D eigenvalue weighted by molar-refractivity contribution is -0.122. The summed E-state index contributed by atoms with van der Waals surface area (Å²) in [6.45, 7) is 1.99.